The van der Waals surface area contributed by atoms with E-state index >= 15 is 0 Å². The number of benzene rings is 1. The van der Waals surface area contributed by atoms with Crippen LogP contribution in [0.15, 0.2) is 46.9 Å². The summed E-state index contributed by atoms with van der Waals surface area (Å²) in [6.45, 7) is 2.09. The smallest absolute Gasteiger partial charge is 0.251 e. The zero-order chi connectivity index (χ0) is 17.9. The number of hydrogen-bond acceptors (Lipinski definition) is 3. The molecule has 1 aliphatic heterocycles. The Morgan fingerprint density at radius 1 is 1.04 bits per heavy atom. The van der Waals surface area contributed by atoms with Crippen LogP contribution in [0.25, 0.3) is 0 Å². The standard InChI is InChI=1S/C20H23N3O2S/c24-18(16-8-10-22(11-9-16)19(25)17-6-7-17)21-20-23(12-13-26-20)14-15-4-2-1-3-5-15/h1-5,12-13,16-17H,6-11,14H2. The molecule has 2 fully saturated rings. The molecule has 0 radical (unpaired) electrons. The molecule has 1 aliphatic carbocycles. The third kappa shape index (κ3) is 3.96. The topological polar surface area (TPSA) is 54.7 Å². The van der Waals surface area contributed by atoms with Crippen LogP contribution in [-0.4, -0.2) is 34.4 Å². The first-order valence-electron chi connectivity index (χ1n) is 9.26. The maximum Gasteiger partial charge on any atom is 0.251 e. The monoisotopic (exact) mass is 369 g/mol. The van der Waals surface area contributed by atoms with Crippen LogP contribution in [0.5, 0.6) is 0 Å². The zero-order valence-corrected chi connectivity index (χ0v) is 15.5. The Hall–Kier alpha value is -2.21. The summed E-state index contributed by atoms with van der Waals surface area (Å²) in [4.78, 5) is 31.8. The lowest BCUT2D eigenvalue weighted by molar-refractivity contribution is -0.136. The van der Waals surface area contributed by atoms with Gasteiger partial charge in [0, 0.05) is 43.0 Å². The highest BCUT2D eigenvalue weighted by atomic mass is 32.1. The van der Waals surface area contributed by atoms with Crippen molar-refractivity contribution < 1.29 is 9.59 Å². The minimum absolute atomic E-state index is 0.0483. The molecule has 0 N–H and O–H groups in total. The van der Waals surface area contributed by atoms with Crippen LogP contribution in [0, 0.1) is 11.8 Å². The summed E-state index contributed by atoms with van der Waals surface area (Å²) in [5, 5.41) is 1.96. The lowest BCUT2D eigenvalue weighted by Gasteiger charge is -2.30. The van der Waals surface area contributed by atoms with Crippen molar-refractivity contribution in [2.75, 3.05) is 13.1 Å². The third-order valence-electron chi connectivity index (χ3n) is 5.14. The number of thiazole rings is 1. The number of carbonyl (C=O) groups is 2. The number of carbonyl (C=O) groups excluding carboxylic acids is 2. The minimum Gasteiger partial charge on any atom is -0.342 e. The third-order valence-corrected chi connectivity index (χ3v) is 5.94. The van der Waals surface area contributed by atoms with Crippen LogP contribution in [-0.2, 0) is 16.1 Å². The molecule has 0 bridgehead atoms. The first-order valence-corrected chi connectivity index (χ1v) is 10.1. The van der Waals surface area contributed by atoms with Gasteiger partial charge in [-0.15, -0.1) is 11.3 Å². The van der Waals surface area contributed by atoms with Crippen LogP contribution >= 0.6 is 11.3 Å². The second kappa shape index (κ2) is 7.58. The van der Waals surface area contributed by atoms with E-state index in [1.54, 1.807) is 0 Å². The van der Waals surface area contributed by atoms with Gasteiger partial charge in [0.25, 0.3) is 5.91 Å². The van der Waals surface area contributed by atoms with E-state index in [1.807, 2.05) is 39.2 Å². The van der Waals surface area contributed by atoms with Crippen molar-refractivity contribution in [3.05, 3.63) is 52.3 Å². The fourth-order valence-corrected chi connectivity index (χ4v) is 4.14. The molecule has 5 nitrogen and oxygen atoms in total. The Labute approximate surface area is 157 Å². The largest absolute Gasteiger partial charge is 0.342 e. The molecule has 1 saturated carbocycles. The maximum absolute atomic E-state index is 12.6. The lowest BCUT2D eigenvalue weighted by atomic mass is 9.96. The SMILES string of the molecule is O=C(N=c1sccn1Cc1ccccc1)C1CCN(C(=O)C2CC2)CC1. The molecule has 2 heterocycles. The molecule has 2 amide bonds. The Balaban J connectivity index is 1.40. The van der Waals surface area contributed by atoms with E-state index in [-0.39, 0.29) is 23.7 Å². The van der Waals surface area contributed by atoms with Gasteiger partial charge in [-0.05, 0) is 31.2 Å². The molecule has 1 saturated heterocycles. The first-order chi connectivity index (χ1) is 12.7. The van der Waals surface area contributed by atoms with Gasteiger partial charge in [-0.25, -0.2) is 0 Å². The van der Waals surface area contributed by atoms with Gasteiger partial charge in [0.05, 0.1) is 0 Å². The van der Waals surface area contributed by atoms with Crippen molar-refractivity contribution in [1.29, 1.82) is 0 Å². The van der Waals surface area contributed by atoms with Gasteiger partial charge in [0.2, 0.25) is 5.91 Å². The van der Waals surface area contributed by atoms with Crippen molar-refractivity contribution in [3.63, 3.8) is 0 Å². The van der Waals surface area contributed by atoms with E-state index in [2.05, 4.69) is 17.1 Å². The molecule has 0 atom stereocenters. The van der Waals surface area contributed by atoms with Crippen LogP contribution in [0.3, 0.4) is 0 Å². The summed E-state index contributed by atoms with van der Waals surface area (Å²) in [6, 6.07) is 10.2. The molecule has 1 aromatic heterocycles. The number of aromatic nitrogens is 1. The average Bonchev–Trinajstić information content (AvgIpc) is 3.44. The number of likely N-dealkylation sites (tertiary alicyclic amines) is 1. The van der Waals surface area contributed by atoms with Crippen molar-refractivity contribution >= 4 is 23.2 Å². The normalized spacial score (nSPS) is 18.9. The van der Waals surface area contributed by atoms with E-state index in [4.69, 9.17) is 0 Å². The minimum atomic E-state index is -0.0643. The molecule has 0 spiro atoms. The van der Waals surface area contributed by atoms with Gasteiger partial charge in [-0.2, -0.15) is 4.99 Å². The summed E-state index contributed by atoms with van der Waals surface area (Å²) in [6.07, 6.45) is 5.50. The van der Waals surface area contributed by atoms with Crippen molar-refractivity contribution in [3.8, 4) is 0 Å². The summed E-state index contributed by atoms with van der Waals surface area (Å²) < 4.78 is 2.02. The van der Waals surface area contributed by atoms with Crippen LogP contribution in [0.1, 0.15) is 31.2 Å². The Morgan fingerprint density at radius 3 is 2.46 bits per heavy atom. The van der Waals surface area contributed by atoms with Gasteiger partial charge >= 0.3 is 0 Å². The fourth-order valence-electron chi connectivity index (χ4n) is 3.41. The van der Waals surface area contributed by atoms with Crippen molar-refractivity contribution in [2.45, 2.75) is 32.2 Å². The zero-order valence-electron chi connectivity index (χ0n) is 14.7. The van der Waals surface area contributed by atoms with Gasteiger partial charge in [0.1, 0.15) is 0 Å². The fraction of sp³-hybridized carbons (Fsp3) is 0.450. The molecular weight excluding hydrogens is 346 g/mol. The summed E-state index contributed by atoms with van der Waals surface area (Å²) in [5.74, 6) is 0.431. The first kappa shape index (κ1) is 17.2. The lowest BCUT2D eigenvalue weighted by Crippen LogP contribution is -2.41. The molecule has 4 rings (SSSR count). The summed E-state index contributed by atoms with van der Waals surface area (Å²) >= 11 is 1.49. The Morgan fingerprint density at radius 2 is 1.77 bits per heavy atom. The molecule has 136 valence electrons. The van der Waals surface area contributed by atoms with Crippen LogP contribution in [0.4, 0.5) is 0 Å². The van der Waals surface area contributed by atoms with E-state index in [1.165, 1.54) is 16.9 Å². The Bertz CT molecular complexity index is 843. The number of hydrogen-bond donors (Lipinski definition) is 0. The van der Waals surface area contributed by atoms with E-state index in [9.17, 15) is 9.59 Å². The van der Waals surface area contributed by atoms with E-state index in [0.29, 0.717) is 19.6 Å². The molecule has 26 heavy (non-hydrogen) atoms. The quantitative estimate of drug-likeness (QED) is 0.832. The predicted molar refractivity (Wildman–Crippen MR) is 100 cm³/mol. The second-order valence-corrected chi connectivity index (χ2v) is 8.00. The average molecular weight is 369 g/mol. The molecule has 1 aromatic carbocycles. The summed E-state index contributed by atoms with van der Waals surface area (Å²) in [7, 11) is 0. The van der Waals surface area contributed by atoms with Gasteiger partial charge in [0.15, 0.2) is 4.80 Å². The molecule has 6 heteroatoms. The van der Waals surface area contributed by atoms with Crippen LogP contribution < -0.4 is 4.80 Å². The number of rotatable bonds is 4. The van der Waals surface area contributed by atoms with Gasteiger partial charge < -0.3 is 9.47 Å². The maximum atomic E-state index is 12.6. The number of amides is 2. The number of piperidine rings is 1. The van der Waals surface area contributed by atoms with Gasteiger partial charge in [-0.3, -0.25) is 9.59 Å². The Kier molecular flexibility index (Phi) is 5.02. The molecule has 2 aromatic rings. The molecule has 0 unspecified atom stereocenters. The predicted octanol–water partition coefficient (Wildman–Crippen LogP) is 2.67. The van der Waals surface area contributed by atoms with Crippen molar-refractivity contribution in [2.24, 2.45) is 16.8 Å². The highest BCUT2D eigenvalue weighted by Gasteiger charge is 2.35. The summed E-state index contributed by atoms with van der Waals surface area (Å²) in [5.41, 5.74) is 1.19. The van der Waals surface area contributed by atoms with Crippen LogP contribution in [0.2, 0.25) is 0 Å². The van der Waals surface area contributed by atoms with Gasteiger partial charge in [-0.1, -0.05) is 30.3 Å². The highest BCUT2D eigenvalue weighted by molar-refractivity contribution is 7.07. The van der Waals surface area contributed by atoms with Crippen molar-refractivity contribution in [1.82, 2.24) is 9.47 Å². The highest BCUT2D eigenvalue weighted by Crippen LogP contribution is 2.32. The van der Waals surface area contributed by atoms with E-state index in [0.717, 1.165) is 30.5 Å². The molecular formula is C20H23N3O2S. The number of nitrogens with zero attached hydrogens (tertiary/aromatic N) is 3. The molecule has 2 aliphatic rings. The second-order valence-electron chi connectivity index (χ2n) is 7.12. The van der Waals surface area contributed by atoms with E-state index < -0.39 is 0 Å².